The number of benzene rings is 1. The van der Waals surface area contributed by atoms with E-state index in [1.807, 2.05) is 19.1 Å². The van der Waals surface area contributed by atoms with E-state index in [1.165, 1.54) is 10.4 Å². The minimum Gasteiger partial charge on any atom is -0.352 e. The summed E-state index contributed by atoms with van der Waals surface area (Å²) in [7, 11) is 0. The Morgan fingerprint density at radius 2 is 1.91 bits per heavy atom. The number of amides is 1. The Morgan fingerprint density at radius 1 is 1.23 bits per heavy atom. The number of aromatic nitrogens is 4. The zero-order valence-corrected chi connectivity index (χ0v) is 13.6. The fourth-order valence-corrected chi connectivity index (χ4v) is 1.90. The highest BCUT2D eigenvalue weighted by atomic mass is 16.2. The van der Waals surface area contributed by atoms with Crippen LogP contribution in [0.4, 0.5) is 0 Å². The summed E-state index contributed by atoms with van der Waals surface area (Å²) in [5.74, 6) is 0.916. The summed E-state index contributed by atoms with van der Waals surface area (Å²) in [5, 5.41) is 15.1. The van der Waals surface area contributed by atoms with Crippen molar-refractivity contribution in [1.82, 2.24) is 25.5 Å². The summed E-state index contributed by atoms with van der Waals surface area (Å²) in [6.07, 6.45) is 0.615. The van der Waals surface area contributed by atoms with E-state index in [1.54, 1.807) is 0 Å². The Balaban J connectivity index is 1.91. The largest absolute Gasteiger partial charge is 0.352 e. The lowest BCUT2D eigenvalue weighted by Gasteiger charge is -2.16. The van der Waals surface area contributed by atoms with Crippen molar-refractivity contribution < 1.29 is 4.79 Å². The molecule has 2 rings (SSSR count). The van der Waals surface area contributed by atoms with Crippen LogP contribution in [0.2, 0.25) is 0 Å². The predicted molar refractivity (Wildman–Crippen MR) is 84.2 cm³/mol. The summed E-state index contributed by atoms with van der Waals surface area (Å²) in [6.45, 7) is 8.27. The van der Waals surface area contributed by atoms with Gasteiger partial charge in [0.2, 0.25) is 5.91 Å². The molecular formula is C16H23N5O. The fourth-order valence-electron chi connectivity index (χ4n) is 1.90. The van der Waals surface area contributed by atoms with Crippen LogP contribution < -0.4 is 5.32 Å². The average molecular weight is 301 g/mol. The van der Waals surface area contributed by atoms with Crippen LogP contribution >= 0.6 is 0 Å². The molecule has 0 aliphatic carbocycles. The molecule has 1 unspecified atom stereocenters. The van der Waals surface area contributed by atoms with Crippen LogP contribution in [0.5, 0.6) is 0 Å². The van der Waals surface area contributed by atoms with Gasteiger partial charge >= 0.3 is 0 Å². The van der Waals surface area contributed by atoms with Crippen LogP contribution in [-0.2, 0) is 17.8 Å². The van der Waals surface area contributed by atoms with Gasteiger partial charge in [0.1, 0.15) is 6.54 Å². The van der Waals surface area contributed by atoms with Gasteiger partial charge in [-0.1, -0.05) is 43.7 Å². The van der Waals surface area contributed by atoms with Crippen molar-refractivity contribution in [2.75, 3.05) is 0 Å². The Labute approximate surface area is 130 Å². The topological polar surface area (TPSA) is 72.7 Å². The second-order valence-electron chi connectivity index (χ2n) is 6.00. The van der Waals surface area contributed by atoms with Gasteiger partial charge in [0, 0.05) is 12.5 Å². The molecule has 0 saturated carbocycles. The van der Waals surface area contributed by atoms with E-state index in [0.717, 1.165) is 5.56 Å². The minimum atomic E-state index is -0.0968. The molecule has 0 spiro atoms. The molecule has 1 aromatic heterocycles. The van der Waals surface area contributed by atoms with Crippen LogP contribution in [0, 0.1) is 12.8 Å². The van der Waals surface area contributed by atoms with Crippen LogP contribution in [-0.4, -0.2) is 32.2 Å². The molecule has 0 aliphatic heterocycles. The number of hydrogen-bond donors (Lipinski definition) is 1. The molecular weight excluding hydrogens is 278 g/mol. The molecule has 0 radical (unpaired) electrons. The molecule has 118 valence electrons. The van der Waals surface area contributed by atoms with Crippen LogP contribution in [0.3, 0.4) is 0 Å². The highest BCUT2D eigenvalue weighted by Gasteiger charge is 2.13. The van der Waals surface area contributed by atoms with Gasteiger partial charge in [-0.15, -0.1) is 10.2 Å². The van der Waals surface area contributed by atoms with Crippen molar-refractivity contribution in [3.05, 3.63) is 41.2 Å². The van der Waals surface area contributed by atoms with E-state index >= 15 is 0 Å². The van der Waals surface area contributed by atoms with Crippen molar-refractivity contribution in [3.63, 3.8) is 0 Å². The highest BCUT2D eigenvalue weighted by molar-refractivity contribution is 5.75. The lowest BCUT2D eigenvalue weighted by atomic mass is 10.1. The third-order valence-corrected chi connectivity index (χ3v) is 3.65. The quantitative estimate of drug-likeness (QED) is 0.882. The van der Waals surface area contributed by atoms with Crippen molar-refractivity contribution in [3.8, 4) is 0 Å². The first-order valence-corrected chi connectivity index (χ1v) is 7.55. The summed E-state index contributed by atoms with van der Waals surface area (Å²) in [4.78, 5) is 13.2. The first-order valence-electron chi connectivity index (χ1n) is 7.55. The molecule has 1 N–H and O–H groups in total. The van der Waals surface area contributed by atoms with E-state index in [9.17, 15) is 4.79 Å². The monoisotopic (exact) mass is 301 g/mol. The SMILES string of the molecule is Cc1ccc(Cc2nnn(CC(=O)NC(C)C(C)C)n2)cc1. The predicted octanol–water partition coefficient (Wildman–Crippen LogP) is 1.73. The maximum absolute atomic E-state index is 11.9. The molecule has 22 heavy (non-hydrogen) atoms. The average Bonchev–Trinajstić information content (AvgIpc) is 2.88. The van der Waals surface area contributed by atoms with Crippen molar-refractivity contribution in [1.29, 1.82) is 0 Å². The molecule has 2 aromatic rings. The molecule has 0 fully saturated rings. The Morgan fingerprint density at radius 3 is 2.55 bits per heavy atom. The summed E-state index contributed by atoms with van der Waals surface area (Å²) >= 11 is 0. The second-order valence-corrected chi connectivity index (χ2v) is 6.00. The normalized spacial score (nSPS) is 12.4. The Kier molecular flexibility index (Phi) is 5.25. The Bertz CT molecular complexity index is 618. The maximum Gasteiger partial charge on any atom is 0.243 e. The number of hydrogen-bond acceptors (Lipinski definition) is 4. The molecule has 6 nitrogen and oxygen atoms in total. The number of nitrogens with zero attached hydrogens (tertiary/aromatic N) is 4. The molecule has 6 heteroatoms. The summed E-state index contributed by atoms with van der Waals surface area (Å²) < 4.78 is 0. The van der Waals surface area contributed by atoms with Gasteiger partial charge in [-0.3, -0.25) is 4.79 Å². The number of tetrazole rings is 1. The zero-order valence-electron chi connectivity index (χ0n) is 13.6. The van der Waals surface area contributed by atoms with E-state index in [-0.39, 0.29) is 18.5 Å². The lowest BCUT2D eigenvalue weighted by Crippen LogP contribution is -2.38. The van der Waals surface area contributed by atoms with Crippen molar-refractivity contribution >= 4 is 5.91 Å². The summed E-state index contributed by atoms with van der Waals surface area (Å²) in [5.41, 5.74) is 2.35. The van der Waals surface area contributed by atoms with Crippen molar-refractivity contribution in [2.24, 2.45) is 5.92 Å². The number of carbonyl (C=O) groups is 1. The lowest BCUT2D eigenvalue weighted by molar-refractivity contribution is -0.123. The standard InChI is InChI=1S/C16H23N5O/c1-11(2)13(4)17-16(22)10-21-19-15(18-20-21)9-14-7-5-12(3)6-8-14/h5-8,11,13H,9-10H2,1-4H3,(H,17,22). The van der Waals surface area contributed by atoms with E-state index in [0.29, 0.717) is 18.2 Å². The van der Waals surface area contributed by atoms with Gasteiger partial charge < -0.3 is 5.32 Å². The van der Waals surface area contributed by atoms with Gasteiger partial charge in [-0.25, -0.2) is 0 Å². The van der Waals surface area contributed by atoms with Crippen molar-refractivity contribution in [2.45, 2.75) is 46.7 Å². The maximum atomic E-state index is 11.9. The molecule has 1 aromatic carbocycles. The highest BCUT2D eigenvalue weighted by Crippen LogP contribution is 2.06. The van der Waals surface area contributed by atoms with Gasteiger partial charge in [-0.05, 0) is 30.5 Å². The van der Waals surface area contributed by atoms with E-state index in [2.05, 4.69) is 53.6 Å². The van der Waals surface area contributed by atoms with E-state index in [4.69, 9.17) is 0 Å². The number of carbonyl (C=O) groups excluding carboxylic acids is 1. The minimum absolute atomic E-state index is 0.0952. The second kappa shape index (κ2) is 7.15. The van der Waals surface area contributed by atoms with Gasteiger partial charge in [0.15, 0.2) is 5.82 Å². The number of nitrogens with one attached hydrogen (secondary N) is 1. The first-order chi connectivity index (χ1) is 10.4. The summed E-state index contributed by atoms with van der Waals surface area (Å²) in [6, 6.07) is 8.34. The zero-order chi connectivity index (χ0) is 16.1. The number of rotatable bonds is 6. The molecule has 0 bridgehead atoms. The number of aryl methyl sites for hydroxylation is 1. The van der Waals surface area contributed by atoms with E-state index < -0.39 is 0 Å². The van der Waals surface area contributed by atoms with Crippen LogP contribution in [0.15, 0.2) is 24.3 Å². The molecule has 0 aliphatic rings. The van der Waals surface area contributed by atoms with Crippen LogP contribution in [0.25, 0.3) is 0 Å². The fraction of sp³-hybridized carbons (Fsp3) is 0.500. The smallest absolute Gasteiger partial charge is 0.243 e. The first kappa shape index (κ1) is 16.1. The molecule has 1 amide bonds. The van der Waals surface area contributed by atoms with Gasteiger partial charge in [-0.2, -0.15) is 4.80 Å². The third kappa shape index (κ3) is 4.65. The molecule has 1 heterocycles. The van der Waals surface area contributed by atoms with Gasteiger partial charge in [0.25, 0.3) is 0 Å². The third-order valence-electron chi connectivity index (χ3n) is 3.65. The Hall–Kier alpha value is -2.24. The molecule has 1 atom stereocenters. The molecule has 0 saturated heterocycles. The van der Waals surface area contributed by atoms with Gasteiger partial charge in [0.05, 0.1) is 0 Å². The van der Waals surface area contributed by atoms with Crippen LogP contribution in [0.1, 0.15) is 37.7 Å².